The molecule has 26 heavy (non-hydrogen) atoms. The average Bonchev–Trinajstić information content (AvgIpc) is 2.98. The maximum absolute atomic E-state index is 9.80. The molecular formula is C21H40O5. The predicted molar refractivity (Wildman–Crippen MR) is 104 cm³/mol. The number of ether oxygens (including phenoxy) is 2. The Hall–Kier alpha value is -0.460. The fraction of sp³-hybridized carbons (Fsp3) is 0.905. The van der Waals surface area contributed by atoms with Crippen LogP contribution in [0.4, 0.5) is 0 Å². The van der Waals surface area contributed by atoms with Crippen molar-refractivity contribution in [3.05, 3.63) is 12.2 Å². The molecule has 4 atom stereocenters. The highest BCUT2D eigenvalue weighted by molar-refractivity contribution is 4.88. The van der Waals surface area contributed by atoms with Crippen molar-refractivity contribution >= 4 is 0 Å². The van der Waals surface area contributed by atoms with Gasteiger partial charge in [-0.25, -0.2) is 0 Å². The summed E-state index contributed by atoms with van der Waals surface area (Å²) in [6.45, 7) is 2.67. The number of unbranched alkanes of at least 4 members (excludes halogenated alkanes) is 9. The van der Waals surface area contributed by atoms with Crippen molar-refractivity contribution in [2.75, 3.05) is 19.8 Å². The molecule has 1 fully saturated rings. The van der Waals surface area contributed by atoms with Crippen molar-refractivity contribution in [2.45, 2.75) is 102 Å². The van der Waals surface area contributed by atoms with Gasteiger partial charge in [-0.1, -0.05) is 57.6 Å². The Morgan fingerprint density at radius 3 is 2.12 bits per heavy atom. The van der Waals surface area contributed by atoms with Gasteiger partial charge in [0.05, 0.1) is 13.2 Å². The van der Waals surface area contributed by atoms with E-state index in [1.807, 2.05) is 0 Å². The fourth-order valence-electron chi connectivity index (χ4n) is 3.26. The average molecular weight is 373 g/mol. The second kappa shape index (κ2) is 15.6. The predicted octanol–water partition coefficient (Wildman–Crippen LogP) is 3.35. The van der Waals surface area contributed by atoms with E-state index in [1.165, 1.54) is 51.4 Å². The second-order valence-corrected chi connectivity index (χ2v) is 7.32. The molecule has 1 saturated heterocycles. The van der Waals surface area contributed by atoms with Gasteiger partial charge in [0.1, 0.15) is 24.4 Å². The first kappa shape index (κ1) is 23.6. The van der Waals surface area contributed by atoms with Crippen LogP contribution in [0.5, 0.6) is 0 Å². The van der Waals surface area contributed by atoms with E-state index in [0.717, 1.165) is 19.3 Å². The maximum atomic E-state index is 9.80. The smallest absolute Gasteiger partial charge is 0.114 e. The zero-order valence-electron chi connectivity index (χ0n) is 16.5. The zero-order chi connectivity index (χ0) is 19.0. The largest absolute Gasteiger partial charge is 0.394 e. The van der Waals surface area contributed by atoms with E-state index in [2.05, 4.69) is 19.1 Å². The van der Waals surface area contributed by atoms with Crippen LogP contribution in [0.3, 0.4) is 0 Å². The Labute approximate surface area is 159 Å². The Kier molecular flexibility index (Phi) is 14.1. The van der Waals surface area contributed by atoms with Gasteiger partial charge in [0, 0.05) is 6.61 Å². The van der Waals surface area contributed by atoms with Gasteiger partial charge < -0.3 is 24.8 Å². The normalized spacial score (nSPS) is 24.5. The first-order chi connectivity index (χ1) is 12.7. The van der Waals surface area contributed by atoms with Crippen molar-refractivity contribution < 1.29 is 24.8 Å². The van der Waals surface area contributed by atoms with Crippen LogP contribution in [0.25, 0.3) is 0 Å². The number of rotatable bonds is 16. The lowest BCUT2D eigenvalue weighted by atomic mass is 10.1. The van der Waals surface area contributed by atoms with Crippen LogP contribution in [0, 0.1) is 0 Å². The van der Waals surface area contributed by atoms with E-state index in [9.17, 15) is 15.3 Å². The molecule has 3 N–H and O–H groups in total. The summed E-state index contributed by atoms with van der Waals surface area (Å²) in [6.07, 6.45) is 15.0. The molecule has 1 aliphatic heterocycles. The topological polar surface area (TPSA) is 79.2 Å². The molecule has 0 amide bonds. The zero-order valence-corrected chi connectivity index (χ0v) is 16.5. The minimum absolute atomic E-state index is 0.0952. The van der Waals surface area contributed by atoms with Crippen LogP contribution < -0.4 is 0 Å². The van der Waals surface area contributed by atoms with Crippen molar-refractivity contribution in [1.82, 2.24) is 0 Å². The standard InChI is InChI=1S/C21H40O5/c1-2-3-4-5-6-7-8-9-10-11-12-13-14-15-25-19(16-22)21-20(24)18(23)17-26-21/h8-9,18-24H,2-7,10-17H2,1H3/b9-8+/t18-,19+,20+,21+/m0/s1. The summed E-state index contributed by atoms with van der Waals surface area (Å²) in [5.74, 6) is 0. The summed E-state index contributed by atoms with van der Waals surface area (Å²) in [7, 11) is 0. The number of aliphatic hydroxyl groups excluding tert-OH is 3. The number of hydrogen-bond donors (Lipinski definition) is 3. The van der Waals surface area contributed by atoms with Gasteiger partial charge >= 0.3 is 0 Å². The third-order valence-corrected chi connectivity index (χ3v) is 4.97. The summed E-state index contributed by atoms with van der Waals surface area (Å²) < 4.78 is 10.9. The van der Waals surface area contributed by atoms with Crippen molar-refractivity contribution in [3.8, 4) is 0 Å². The van der Waals surface area contributed by atoms with Crippen molar-refractivity contribution in [2.24, 2.45) is 0 Å². The summed E-state index contributed by atoms with van der Waals surface area (Å²) in [6, 6.07) is 0. The molecule has 0 aromatic rings. The number of allylic oxidation sites excluding steroid dienone is 2. The van der Waals surface area contributed by atoms with E-state index < -0.39 is 24.4 Å². The molecular weight excluding hydrogens is 332 g/mol. The van der Waals surface area contributed by atoms with Crippen LogP contribution >= 0.6 is 0 Å². The molecule has 0 spiro atoms. The maximum Gasteiger partial charge on any atom is 0.114 e. The number of aliphatic hydroxyl groups is 3. The number of hydrogen-bond acceptors (Lipinski definition) is 5. The van der Waals surface area contributed by atoms with Gasteiger partial charge in [0.2, 0.25) is 0 Å². The van der Waals surface area contributed by atoms with Crippen LogP contribution in [-0.2, 0) is 9.47 Å². The first-order valence-electron chi connectivity index (χ1n) is 10.6. The Morgan fingerprint density at radius 2 is 1.58 bits per heavy atom. The van der Waals surface area contributed by atoms with E-state index in [1.54, 1.807) is 0 Å². The first-order valence-corrected chi connectivity index (χ1v) is 10.6. The molecule has 5 nitrogen and oxygen atoms in total. The minimum Gasteiger partial charge on any atom is -0.394 e. The summed E-state index contributed by atoms with van der Waals surface area (Å²) in [4.78, 5) is 0. The van der Waals surface area contributed by atoms with Crippen molar-refractivity contribution in [3.63, 3.8) is 0 Å². The lowest BCUT2D eigenvalue weighted by molar-refractivity contribution is -0.101. The van der Waals surface area contributed by atoms with Gasteiger partial charge in [-0.15, -0.1) is 0 Å². The fourth-order valence-corrected chi connectivity index (χ4v) is 3.26. The molecule has 1 rings (SSSR count). The van der Waals surface area contributed by atoms with Gasteiger partial charge in [-0.2, -0.15) is 0 Å². The third-order valence-electron chi connectivity index (χ3n) is 4.97. The summed E-state index contributed by atoms with van der Waals surface area (Å²) >= 11 is 0. The molecule has 0 aromatic heterocycles. The van der Waals surface area contributed by atoms with Gasteiger partial charge in [0.15, 0.2) is 0 Å². The van der Waals surface area contributed by atoms with Gasteiger partial charge in [0.25, 0.3) is 0 Å². The van der Waals surface area contributed by atoms with Crippen LogP contribution in [0.1, 0.15) is 77.6 Å². The van der Waals surface area contributed by atoms with Gasteiger partial charge in [-0.05, 0) is 32.1 Å². The van der Waals surface area contributed by atoms with Crippen LogP contribution in [0.2, 0.25) is 0 Å². The Balaban J connectivity index is 1.92. The molecule has 0 aliphatic carbocycles. The highest BCUT2D eigenvalue weighted by Gasteiger charge is 2.40. The molecule has 1 heterocycles. The van der Waals surface area contributed by atoms with Crippen LogP contribution in [-0.4, -0.2) is 59.6 Å². The van der Waals surface area contributed by atoms with E-state index in [0.29, 0.717) is 6.61 Å². The van der Waals surface area contributed by atoms with Gasteiger partial charge in [-0.3, -0.25) is 0 Å². The molecule has 154 valence electrons. The second-order valence-electron chi connectivity index (χ2n) is 7.32. The highest BCUT2D eigenvalue weighted by Crippen LogP contribution is 2.19. The lowest BCUT2D eigenvalue weighted by Gasteiger charge is -2.24. The molecule has 0 saturated carbocycles. The molecule has 0 bridgehead atoms. The monoisotopic (exact) mass is 372 g/mol. The van der Waals surface area contributed by atoms with E-state index >= 15 is 0 Å². The molecule has 0 radical (unpaired) electrons. The SMILES string of the molecule is CCCCCCC/C=C/CCCCCCO[C@H](CO)[C@H]1OC[C@H](O)[C@H]1O. The minimum atomic E-state index is -0.981. The lowest BCUT2D eigenvalue weighted by Crippen LogP contribution is -2.42. The van der Waals surface area contributed by atoms with E-state index in [-0.39, 0.29) is 13.2 Å². The van der Waals surface area contributed by atoms with Crippen LogP contribution in [0.15, 0.2) is 12.2 Å². The molecule has 1 aliphatic rings. The van der Waals surface area contributed by atoms with Crippen molar-refractivity contribution in [1.29, 1.82) is 0 Å². The molecule has 0 aromatic carbocycles. The highest BCUT2D eigenvalue weighted by atomic mass is 16.6. The quantitative estimate of drug-likeness (QED) is 0.286. The summed E-state index contributed by atoms with van der Waals surface area (Å²) in [5, 5.41) is 28.7. The Morgan fingerprint density at radius 1 is 0.962 bits per heavy atom. The molecule has 5 heteroatoms. The summed E-state index contributed by atoms with van der Waals surface area (Å²) in [5.41, 5.74) is 0. The Bertz CT molecular complexity index is 347. The molecule has 0 unspecified atom stereocenters. The third kappa shape index (κ3) is 10.0. The van der Waals surface area contributed by atoms with E-state index in [4.69, 9.17) is 9.47 Å².